The van der Waals surface area contributed by atoms with Crippen LogP contribution in [-0.4, -0.2) is 38.8 Å². The van der Waals surface area contributed by atoms with Gasteiger partial charge in [-0.3, -0.25) is 4.79 Å². The molecule has 0 aromatic heterocycles. The lowest BCUT2D eigenvalue weighted by molar-refractivity contribution is -0.121. The highest BCUT2D eigenvalue weighted by Gasteiger charge is 2.29. The molecule has 0 bridgehead atoms. The van der Waals surface area contributed by atoms with Crippen molar-refractivity contribution in [2.75, 3.05) is 31.8 Å². The molecule has 5 nitrogen and oxygen atoms in total. The number of anilines is 1. The van der Waals surface area contributed by atoms with E-state index in [4.69, 9.17) is 9.47 Å². The Morgan fingerprint density at radius 3 is 2.89 bits per heavy atom. The van der Waals surface area contributed by atoms with Gasteiger partial charge in [-0.05, 0) is 24.1 Å². The zero-order chi connectivity index (χ0) is 19.1. The van der Waals surface area contributed by atoms with Crippen molar-refractivity contribution in [2.45, 2.75) is 25.4 Å². The first-order chi connectivity index (χ1) is 13.2. The minimum Gasteiger partial charge on any atom is -0.489 e. The Bertz CT molecular complexity index is 754. The molecule has 1 N–H and O–H groups in total. The Morgan fingerprint density at radius 2 is 2.11 bits per heavy atom. The molecule has 1 aliphatic rings. The summed E-state index contributed by atoms with van der Waals surface area (Å²) in [6, 6.07) is 14.4. The normalized spacial score (nSPS) is 15.8. The molecule has 0 saturated carbocycles. The van der Waals surface area contributed by atoms with Crippen molar-refractivity contribution >= 4 is 11.6 Å². The van der Waals surface area contributed by atoms with Crippen LogP contribution >= 0.6 is 0 Å². The van der Waals surface area contributed by atoms with Gasteiger partial charge in [-0.15, -0.1) is 0 Å². The highest BCUT2D eigenvalue weighted by molar-refractivity contribution is 5.77. The van der Waals surface area contributed by atoms with Crippen molar-refractivity contribution in [3.05, 3.63) is 59.9 Å². The lowest BCUT2D eigenvalue weighted by atomic mass is 10.1. The Balaban J connectivity index is 1.73. The molecule has 0 aliphatic carbocycles. The lowest BCUT2D eigenvalue weighted by Crippen LogP contribution is -2.45. The van der Waals surface area contributed by atoms with Crippen LogP contribution in [0.4, 0.5) is 10.1 Å². The average Bonchev–Trinajstić information content (AvgIpc) is 2.68. The number of methoxy groups -OCH3 is 1. The van der Waals surface area contributed by atoms with Crippen molar-refractivity contribution in [3.8, 4) is 5.75 Å². The summed E-state index contributed by atoms with van der Waals surface area (Å²) < 4.78 is 24.3. The van der Waals surface area contributed by atoms with E-state index in [0.29, 0.717) is 38.5 Å². The van der Waals surface area contributed by atoms with Crippen LogP contribution in [-0.2, 0) is 16.1 Å². The van der Waals surface area contributed by atoms with Gasteiger partial charge in [-0.2, -0.15) is 0 Å². The summed E-state index contributed by atoms with van der Waals surface area (Å²) in [7, 11) is 1.64. The van der Waals surface area contributed by atoms with E-state index in [-0.39, 0.29) is 17.8 Å². The van der Waals surface area contributed by atoms with Crippen LogP contribution in [0.25, 0.3) is 0 Å². The first-order valence-electron chi connectivity index (χ1n) is 9.16. The van der Waals surface area contributed by atoms with Crippen LogP contribution in [0.3, 0.4) is 0 Å². The maximum atomic E-state index is 13.6. The SMILES string of the molecule is COCCCNC(=O)CC1COc2cc(F)ccc2N1Cc1ccccc1. The highest BCUT2D eigenvalue weighted by atomic mass is 19.1. The quantitative estimate of drug-likeness (QED) is 0.724. The molecule has 1 heterocycles. The maximum absolute atomic E-state index is 13.6. The number of nitrogens with one attached hydrogen (secondary N) is 1. The lowest BCUT2D eigenvalue weighted by Gasteiger charge is -2.38. The van der Waals surface area contributed by atoms with Crippen molar-refractivity contribution in [2.24, 2.45) is 0 Å². The Hall–Kier alpha value is -2.60. The van der Waals surface area contributed by atoms with Crippen molar-refractivity contribution < 1.29 is 18.7 Å². The van der Waals surface area contributed by atoms with Crippen LogP contribution in [0.15, 0.2) is 48.5 Å². The number of ether oxygens (including phenoxy) is 2. The molecule has 2 aromatic rings. The maximum Gasteiger partial charge on any atom is 0.222 e. The average molecular weight is 372 g/mol. The number of carbonyl (C=O) groups excluding carboxylic acids is 1. The summed E-state index contributed by atoms with van der Waals surface area (Å²) in [4.78, 5) is 14.5. The van der Waals surface area contributed by atoms with Gasteiger partial charge in [0.05, 0.1) is 18.2 Å². The molecule has 2 aromatic carbocycles. The second-order valence-electron chi connectivity index (χ2n) is 6.59. The summed E-state index contributed by atoms with van der Waals surface area (Å²) >= 11 is 0. The Labute approximate surface area is 159 Å². The second-order valence-corrected chi connectivity index (χ2v) is 6.59. The summed E-state index contributed by atoms with van der Waals surface area (Å²) in [5, 5.41) is 2.92. The van der Waals surface area contributed by atoms with Crippen LogP contribution in [0, 0.1) is 5.82 Å². The van der Waals surface area contributed by atoms with Gasteiger partial charge in [-0.25, -0.2) is 4.39 Å². The fourth-order valence-corrected chi connectivity index (χ4v) is 3.21. The number of hydrogen-bond acceptors (Lipinski definition) is 4. The molecule has 0 spiro atoms. The molecular weight excluding hydrogens is 347 g/mol. The molecule has 1 aliphatic heterocycles. The second kappa shape index (κ2) is 9.37. The number of benzene rings is 2. The van der Waals surface area contributed by atoms with Crippen LogP contribution < -0.4 is 15.0 Å². The summed E-state index contributed by atoms with van der Waals surface area (Å²) in [5.41, 5.74) is 1.93. The molecular formula is C21H25FN2O3. The van der Waals surface area contributed by atoms with Crippen LogP contribution in [0.1, 0.15) is 18.4 Å². The van der Waals surface area contributed by atoms with Gasteiger partial charge in [-0.1, -0.05) is 30.3 Å². The molecule has 0 fully saturated rings. The summed E-state index contributed by atoms with van der Waals surface area (Å²) in [6.07, 6.45) is 1.09. The number of nitrogens with zero attached hydrogens (tertiary/aromatic N) is 1. The van der Waals surface area contributed by atoms with Gasteiger partial charge in [0.2, 0.25) is 5.91 Å². The highest BCUT2D eigenvalue weighted by Crippen LogP contribution is 2.36. The molecule has 1 amide bonds. The fourth-order valence-electron chi connectivity index (χ4n) is 3.21. The van der Waals surface area contributed by atoms with Crippen LogP contribution in [0.2, 0.25) is 0 Å². The van der Waals surface area contributed by atoms with E-state index in [1.54, 1.807) is 13.2 Å². The van der Waals surface area contributed by atoms with E-state index >= 15 is 0 Å². The van der Waals surface area contributed by atoms with Gasteiger partial charge in [0.15, 0.2) is 0 Å². The molecule has 1 unspecified atom stereocenters. The van der Waals surface area contributed by atoms with Crippen molar-refractivity contribution in [3.63, 3.8) is 0 Å². The van der Waals surface area contributed by atoms with Gasteiger partial charge >= 0.3 is 0 Å². The van der Waals surface area contributed by atoms with Gasteiger partial charge in [0, 0.05) is 32.9 Å². The predicted molar refractivity (Wildman–Crippen MR) is 102 cm³/mol. The molecule has 3 rings (SSSR count). The van der Waals surface area contributed by atoms with Gasteiger partial charge < -0.3 is 19.7 Å². The Kier molecular flexibility index (Phi) is 6.65. The minimum absolute atomic E-state index is 0.0247. The van der Waals surface area contributed by atoms with Gasteiger partial charge in [0.1, 0.15) is 18.2 Å². The zero-order valence-corrected chi connectivity index (χ0v) is 15.5. The predicted octanol–water partition coefficient (Wildman–Crippen LogP) is 3.14. The van der Waals surface area contributed by atoms with E-state index in [9.17, 15) is 9.18 Å². The van der Waals surface area contributed by atoms with E-state index in [0.717, 1.165) is 17.7 Å². The van der Waals surface area contributed by atoms with Gasteiger partial charge in [0.25, 0.3) is 0 Å². The van der Waals surface area contributed by atoms with Crippen molar-refractivity contribution in [1.82, 2.24) is 5.32 Å². The standard InChI is InChI=1S/C21H25FN2O3/c1-26-11-5-10-23-21(25)13-18-15-27-20-12-17(22)8-9-19(20)24(18)14-16-6-3-2-4-7-16/h2-4,6-9,12,18H,5,10-11,13-15H2,1H3,(H,23,25). The first kappa shape index (κ1) is 19.2. The molecule has 1 atom stereocenters. The number of rotatable bonds is 8. The number of amides is 1. The summed E-state index contributed by atoms with van der Waals surface area (Å²) in [6.45, 7) is 2.17. The number of fused-ring (bicyclic) bond motifs is 1. The van der Waals surface area contributed by atoms with E-state index in [1.807, 2.05) is 30.3 Å². The number of hydrogen-bond donors (Lipinski definition) is 1. The molecule has 27 heavy (non-hydrogen) atoms. The third-order valence-corrected chi connectivity index (χ3v) is 4.57. The van der Waals surface area contributed by atoms with E-state index in [1.165, 1.54) is 12.1 Å². The third-order valence-electron chi connectivity index (χ3n) is 4.57. The van der Waals surface area contributed by atoms with E-state index < -0.39 is 0 Å². The third kappa shape index (κ3) is 5.20. The largest absolute Gasteiger partial charge is 0.489 e. The Morgan fingerprint density at radius 1 is 1.30 bits per heavy atom. The molecule has 0 saturated heterocycles. The number of halogens is 1. The molecule has 0 radical (unpaired) electrons. The van der Waals surface area contributed by atoms with Crippen LogP contribution in [0.5, 0.6) is 5.75 Å². The topological polar surface area (TPSA) is 50.8 Å². The first-order valence-corrected chi connectivity index (χ1v) is 9.16. The zero-order valence-electron chi connectivity index (χ0n) is 15.5. The van der Waals surface area contributed by atoms with Crippen molar-refractivity contribution in [1.29, 1.82) is 0 Å². The fraction of sp³-hybridized carbons (Fsp3) is 0.381. The molecule has 6 heteroatoms. The number of carbonyl (C=O) groups is 1. The molecule has 144 valence electrons. The smallest absolute Gasteiger partial charge is 0.222 e. The monoisotopic (exact) mass is 372 g/mol. The summed E-state index contributed by atoms with van der Waals surface area (Å²) in [5.74, 6) is 0.161. The minimum atomic E-state index is -0.331. The van der Waals surface area contributed by atoms with E-state index in [2.05, 4.69) is 10.2 Å².